The van der Waals surface area contributed by atoms with Gasteiger partial charge in [0.1, 0.15) is 5.56 Å². The molecular weight excluding hydrogens is 388 g/mol. The third-order valence-corrected chi connectivity index (χ3v) is 5.27. The molecule has 2 heterocycles. The molecule has 0 fully saturated rings. The van der Waals surface area contributed by atoms with E-state index in [1.807, 2.05) is 57.6 Å². The summed E-state index contributed by atoms with van der Waals surface area (Å²) in [5.74, 6) is 1.35. The zero-order chi connectivity index (χ0) is 21.0. The Morgan fingerprint density at radius 3 is 2.55 bits per heavy atom. The number of anilines is 1. The molecule has 1 amide bonds. The van der Waals surface area contributed by atoms with Crippen molar-refractivity contribution in [1.29, 1.82) is 0 Å². The van der Waals surface area contributed by atoms with E-state index >= 15 is 0 Å². The molecule has 2 aromatic heterocycles. The lowest BCUT2D eigenvalue weighted by Crippen LogP contribution is -2.14. The van der Waals surface area contributed by atoms with E-state index in [0.29, 0.717) is 23.5 Å². The summed E-state index contributed by atoms with van der Waals surface area (Å²) >= 11 is 1.34. The van der Waals surface area contributed by atoms with E-state index in [9.17, 15) is 4.79 Å². The van der Waals surface area contributed by atoms with Crippen LogP contribution >= 0.6 is 11.8 Å². The van der Waals surface area contributed by atoms with Gasteiger partial charge in [0.05, 0.1) is 12.4 Å². The van der Waals surface area contributed by atoms with Crippen molar-refractivity contribution in [1.82, 2.24) is 24.5 Å². The van der Waals surface area contributed by atoms with Crippen molar-refractivity contribution in [2.45, 2.75) is 39.4 Å². The number of aromatic nitrogens is 5. The summed E-state index contributed by atoms with van der Waals surface area (Å²) in [6.45, 7) is 9.20. The minimum atomic E-state index is -0.0849. The number of nitrogens with one attached hydrogen (secondary N) is 1. The molecule has 3 aromatic rings. The highest BCUT2D eigenvalue weighted by Gasteiger charge is 2.19. The number of carbonyl (C=O) groups excluding carboxylic acids is 1. The molecule has 0 aliphatic carbocycles. The summed E-state index contributed by atoms with van der Waals surface area (Å²) in [6, 6.07) is 5.98. The molecule has 0 saturated carbocycles. The van der Waals surface area contributed by atoms with Crippen LogP contribution < -0.4 is 10.1 Å². The van der Waals surface area contributed by atoms with Crippen molar-refractivity contribution in [3.63, 3.8) is 0 Å². The Bertz CT molecular complexity index is 990. The van der Waals surface area contributed by atoms with Crippen LogP contribution in [0.5, 0.6) is 5.88 Å². The van der Waals surface area contributed by atoms with Gasteiger partial charge >= 0.3 is 0 Å². The summed E-state index contributed by atoms with van der Waals surface area (Å²) in [5, 5.41) is 16.5. The Hall–Kier alpha value is -2.81. The summed E-state index contributed by atoms with van der Waals surface area (Å²) in [5.41, 5.74) is 3.82. The van der Waals surface area contributed by atoms with Gasteiger partial charge in [0.2, 0.25) is 11.8 Å². The Kier molecular flexibility index (Phi) is 6.58. The summed E-state index contributed by atoms with van der Waals surface area (Å²) < 4.78 is 9.30. The number of carbonyl (C=O) groups is 1. The SMILES string of the molecule is CCOc1nn(CC)cc1-c1nnc(SCC(=O)Nc2cc(C)cc(C)c2)n1C. The normalized spacial score (nSPS) is 10.9. The van der Waals surface area contributed by atoms with Gasteiger partial charge in [-0.2, -0.15) is 0 Å². The van der Waals surface area contributed by atoms with Crippen molar-refractivity contribution in [3.8, 4) is 17.3 Å². The van der Waals surface area contributed by atoms with Crippen LogP contribution in [-0.4, -0.2) is 42.8 Å². The second kappa shape index (κ2) is 9.13. The van der Waals surface area contributed by atoms with Crippen LogP contribution in [0.1, 0.15) is 25.0 Å². The Morgan fingerprint density at radius 2 is 1.90 bits per heavy atom. The number of ether oxygens (including phenoxy) is 1. The molecule has 3 rings (SSSR count). The first-order valence-electron chi connectivity index (χ1n) is 9.52. The zero-order valence-electron chi connectivity index (χ0n) is 17.4. The largest absolute Gasteiger partial charge is 0.476 e. The van der Waals surface area contributed by atoms with Crippen LogP contribution in [0.2, 0.25) is 0 Å². The predicted molar refractivity (Wildman–Crippen MR) is 114 cm³/mol. The van der Waals surface area contributed by atoms with E-state index in [1.54, 1.807) is 4.68 Å². The molecule has 9 heteroatoms. The van der Waals surface area contributed by atoms with Crippen molar-refractivity contribution in [3.05, 3.63) is 35.5 Å². The summed E-state index contributed by atoms with van der Waals surface area (Å²) in [4.78, 5) is 12.4. The Morgan fingerprint density at radius 1 is 1.17 bits per heavy atom. The molecule has 8 nitrogen and oxygen atoms in total. The van der Waals surface area contributed by atoms with Crippen molar-refractivity contribution < 1.29 is 9.53 Å². The van der Waals surface area contributed by atoms with E-state index in [-0.39, 0.29) is 11.7 Å². The molecule has 29 heavy (non-hydrogen) atoms. The van der Waals surface area contributed by atoms with Gasteiger partial charge < -0.3 is 14.6 Å². The third kappa shape index (κ3) is 4.97. The number of nitrogens with zero attached hydrogens (tertiary/aromatic N) is 5. The lowest BCUT2D eigenvalue weighted by molar-refractivity contribution is -0.113. The molecule has 1 aromatic carbocycles. The molecule has 0 aliphatic rings. The number of hydrogen-bond donors (Lipinski definition) is 1. The van der Waals surface area contributed by atoms with Gasteiger partial charge in [0, 0.05) is 25.5 Å². The van der Waals surface area contributed by atoms with Gasteiger partial charge in [-0.3, -0.25) is 9.48 Å². The second-order valence-electron chi connectivity index (χ2n) is 6.72. The van der Waals surface area contributed by atoms with E-state index < -0.39 is 0 Å². The average Bonchev–Trinajstić information content (AvgIpc) is 3.22. The van der Waals surface area contributed by atoms with E-state index in [1.165, 1.54) is 11.8 Å². The van der Waals surface area contributed by atoms with Gasteiger partial charge in [0.15, 0.2) is 11.0 Å². The average molecular weight is 415 g/mol. The fourth-order valence-corrected chi connectivity index (χ4v) is 3.72. The van der Waals surface area contributed by atoms with E-state index in [2.05, 4.69) is 26.7 Å². The maximum atomic E-state index is 12.4. The predicted octanol–water partition coefficient (Wildman–Crippen LogP) is 3.44. The number of hydrogen-bond acceptors (Lipinski definition) is 6. The fraction of sp³-hybridized carbons (Fsp3) is 0.400. The second-order valence-corrected chi connectivity index (χ2v) is 7.66. The third-order valence-electron chi connectivity index (χ3n) is 4.25. The van der Waals surface area contributed by atoms with Crippen LogP contribution in [0.25, 0.3) is 11.4 Å². The number of aryl methyl sites for hydroxylation is 3. The molecule has 0 atom stereocenters. The first-order valence-corrected chi connectivity index (χ1v) is 10.5. The molecular formula is C20H26N6O2S. The highest BCUT2D eigenvalue weighted by atomic mass is 32.2. The number of thioether (sulfide) groups is 1. The first-order chi connectivity index (χ1) is 13.9. The van der Waals surface area contributed by atoms with Gasteiger partial charge in [0.25, 0.3) is 0 Å². The maximum absolute atomic E-state index is 12.4. The molecule has 0 aliphatic heterocycles. The van der Waals surface area contributed by atoms with Crippen LogP contribution in [0, 0.1) is 13.8 Å². The lowest BCUT2D eigenvalue weighted by Gasteiger charge is -2.07. The monoisotopic (exact) mass is 414 g/mol. The lowest BCUT2D eigenvalue weighted by atomic mass is 10.1. The summed E-state index contributed by atoms with van der Waals surface area (Å²) in [6.07, 6.45) is 1.90. The van der Waals surface area contributed by atoms with Crippen LogP contribution in [-0.2, 0) is 18.4 Å². The molecule has 0 radical (unpaired) electrons. The number of benzene rings is 1. The first kappa shape index (κ1) is 20.9. The minimum Gasteiger partial charge on any atom is -0.476 e. The molecule has 0 spiro atoms. The Balaban J connectivity index is 1.70. The zero-order valence-corrected chi connectivity index (χ0v) is 18.2. The summed E-state index contributed by atoms with van der Waals surface area (Å²) in [7, 11) is 1.87. The maximum Gasteiger partial charge on any atom is 0.243 e. The van der Waals surface area contributed by atoms with Crippen molar-refractivity contribution in [2.24, 2.45) is 7.05 Å². The van der Waals surface area contributed by atoms with Crippen LogP contribution in [0.3, 0.4) is 0 Å². The fourth-order valence-electron chi connectivity index (χ4n) is 3.01. The van der Waals surface area contributed by atoms with Crippen molar-refractivity contribution in [2.75, 3.05) is 17.7 Å². The van der Waals surface area contributed by atoms with Gasteiger partial charge in [-0.05, 0) is 51.0 Å². The van der Waals surface area contributed by atoms with Gasteiger partial charge in [-0.25, -0.2) is 0 Å². The number of rotatable bonds is 8. The Labute approximate surface area is 174 Å². The molecule has 1 N–H and O–H groups in total. The van der Waals surface area contributed by atoms with Crippen LogP contribution in [0.4, 0.5) is 5.69 Å². The molecule has 0 unspecified atom stereocenters. The molecule has 0 bridgehead atoms. The topological polar surface area (TPSA) is 86.9 Å². The quantitative estimate of drug-likeness (QED) is 0.568. The number of amides is 1. The van der Waals surface area contributed by atoms with E-state index in [4.69, 9.17) is 4.74 Å². The van der Waals surface area contributed by atoms with Crippen molar-refractivity contribution >= 4 is 23.4 Å². The minimum absolute atomic E-state index is 0.0849. The van der Waals surface area contributed by atoms with Gasteiger partial charge in [-0.1, -0.05) is 17.8 Å². The standard InChI is InChI=1S/C20H26N6O2S/c1-6-26-11-16(19(24-26)28-7-2)18-22-23-20(25(18)5)29-12-17(27)21-15-9-13(3)8-14(4)10-15/h8-11H,6-7,12H2,1-5H3,(H,21,27). The smallest absolute Gasteiger partial charge is 0.243 e. The van der Waals surface area contributed by atoms with E-state index in [0.717, 1.165) is 28.9 Å². The highest BCUT2D eigenvalue weighted by Crippen LogP contribution is 2.29. The highest BCUT2D eigenvalue weighted by molar-refractivity contribution is 7.99. The van der Waals surface area contributed by atoms with Gasteiger partial charge in [-0.15, -0.1) is 15.3 Å². The van der Waals surface area contributed by atoms with Crippen LogP contribution in [0.15, 0.2) is 29.6 Å². The molecule has 154 valence electrons. The molecule has 0 saturated heterocycles.